The molecule has 10 heteroatoms. The SMILES string of the molecule is CC(C)=CCc1c(O)ccc(C(=O)[C@@H]2[C@@H](c3c(O)ccc(C(=O)C=Cc4ccc(O)cc4O)c3O)C=C(C)C[C@H]2c2ccc(O)cc2O)c1O. The van der Waals surface area contributed by atoms with Gasteiger partial charge in [0.1, 0.15) is 46.0 Å². The summed E-state index contributed by atoms with van der Waals surface area (Å²) in [6.45, 7) is 5.48. The van der Waals surface area contributed by atoms with Crippen molar-refractivity contribution in [1.29, 1.82) is 0 Å². The highest BCUT2D eigenvalue weighted by molar-refractivity contribution is 6.09. The third-order valence-electron chi connectivity index (χ3n) is 9.00. The number of phenolic OH excluding ortho intramolecular Hbond substituents is 8. The molecular formula is C40H38O10. The molecule has 3 atom stereocenters. The van der Waals surface area contributed by atoms with Gasteiger partial charge in [-0.25, -0.2) is 0 Å². The summed E-state index contributed by atoms with van der Waals surface area (Å²) in [6, 6.07) is 12.8. The Hall–Kier alpha value is -6.16. The lowest BCUT2D eigenvalue weighted by Gasteiger charge is -2.37. The van der Waals surface area contributed by atoms with E-state index in [9.17, 15) is 50.4 Å². The molecule has 0 fully saturated rings. The molecule has 1 aliphatic carbocycles. The molecule has 0 aromatic heterocycles. The molecule has 0 saturated heterocycles. The fraction of sp³-hybridized carbons (Fsp3) is 0.200. The zero-order chi connectivity index (χ0) is 36.4. The average molecular weight is 679 g/mol. The van der Waals surface area contributed by atoms with Crippen LogP contribution in [0, 0.1) is 5.92 Å². The lowest BCUT2D eigenvalue weighted by molar-refractivity contribution is 0.0876. The molecule has 8 N–H and O–H groups in total. The van der Waals surface area contributed by atoms with Gasteiger partial charge in [0.15, 0.2) is 11.6 Å². The third-order valence-corrected chi connectivity index (χ3v) is 9.00. The monoisotopic (exact) mass is 678 g/mol. The molecular weight excluding hydrogens is 640 g/mol. The maximum atomic E-state index is 14.7. The normalized spacial score (nSPS) is 17.3. The molecule has 0 radical (unpaired) electrons. The molecule has 0 aliphatic heterocycles. The summed E-state index contributed by atoms with van der Waals surface area (Å²) in [4.78, 5) is 28.1. The second-order valence-electron chi connectivity index (χ2n) is 12.8. The first-order chi connectivity index (χ1) is 23.7. The molecule has 0 unspecified atom stereocenters. The summed E-state index contributed by atoms with van der Waals surface area (Å²) in [5, 5.41) is 85.5. The van der Waals surface area contributed by atoms with E-state index < -0.39 is 46.6 Å². The van der Waals surface area contributed by atoms with E-state index in [-0.39, 0.29) is 69.4 Å². The van der Waals surface area contributed by atoms with E-state index in [4.69, 9.17) is 0 Å². The Bertz CT molecular complexity index is 2080. The first-order valence-corrected chi connectivity index (χ1v) is 15.9. The topological polar surface area (TPSA) is 196 Å². The van der Waals surface area contributed by atoms with Crippen LogP contribution in [0.25, 0.3) is 6.08 Å². The third kappa shape index (κ3) is 7.00. The first-order valence-electron chi connectivity index (χ1n) is 15.9. The number of allylic oxidation sites excluding steroid dienone is 5. The second-order valence-corrected chi connectivity index (χ2v) is 12.8. The molecule has 4 aromatic rings. The van der Waals surface area contributed by atoms with E-state index in [2.05, 4.69) is 0 Å². The fourth-order valence-electron chi connectivity index (χ4n) is 6.52. The molecule has 5 rings (SSSR count). The summed E-state index contributed by atoms with van der Waals surface area (Å²) in [6.07, 6.45) is 6.25. The lowest BCUT2D eigenvalue weighted by Crippen LogP contribution is -2.32. The van der Waals surface area contributed by atoms with E-state index in [0.717, 1.165) is 29.4 Å². The van der Waals surface area contributed by atoms with Crippen LogP contribution in [0.2, 0.25) is 0 Å². The lowest BCUT2D eigenvalue weighted by atomic mass is 9.65. The van der Waals surface area contributed by atoms with Crippen molar-refractivity contribution in [3.8, 4) is 46.0 Å². The van der Waals surface area contributed by atoms with Gasteiger partial charge >= 0.3 is 0 Å². The van der Waals surface area contributed by atoms with Gasteiger partial charge in [0, 0.05) is 46.6 Å². The number of phenols is 8. The standard InChI is InChI=1S/C40H38O10/c1-20(2)4-9-26-32(44)14-12-28(38(26)48)40(50)36-29(25-10-8-24(42)19-35(25)47)16-21(3)17-30(36)37-33(45)15-11-27(39(37)49)31(43)13-6-22-5-7-23(41)18-34(22)46/h4-8,10-15,17-19,29-30,36,41-42,44-49H,9,16H2,1-3H3/t29-,30-,36-/m0/s1. The van der Waals surface area contributed by atoms with Gasteiger partial charge in [-0.15, -0.1) is 0 Å². The summed E-state index contributed by atoms with van der Waals surface area (Å²) in [7, 11) is 0. The minimum atomic E-state index is -1.19. The zero-order valence-electron chi connectivity index (χ0n) is 27.6. The van der Waals surface area contributed by atoms with Crippen LogP contribution in [0.4, 0.5) is 0 Å². The maximum Gasteiger partial charge on any atom is 0.189 e. The van der Waals surface area contributed by atoms with Crippen LogP contribution in [-0.2, 0) is 6.42 Å². The van der Waals surface area contributed by atoms with E-state index in [0.29, 0.717) is 5.56 Å². The number of carbonyl (C=O) groups excluding carboxylic acids is 2. The Kier molecular flexibility index (Phi) is 9.94. The van der Waals surface area contributed by atoms with Gasteiger partial charge in [-0.3, -0.25) is 9.59 Å². The average Bonchev–Trinajstić information content (AvgIpc) is 3.03. The number of ketones is 2. The fourth-order valence-corrected chi connectivity index (χ4v) is 6.52. The van der Waals surface area contributed by atoms with Crippen LogP contribution < -0.4 is 0 Å². The Morgan fingerprint density at radius 1 is 0.740 bits per heavy atom. The van der Waals surface area contributed by atoms with Gasteiger partial charge in [0.25, 0.3) is 0 Å². The summed E-state index contributed by atoms with van der Waals surface area (Å²) >= 11 is 0. The minimum absolute atomic E-state index is 0.130. The van der Waals surface area contributed by atoms with Crippen molar-refractivity contribution in [2.75, 3.05) is 0 Å². The zero-order valence-corrected chi connectivity index (χ0v) is 27.6. The molecule has 10 nitrogen and oxygen atoms in total. The van der Waals surface area contributed by atoms with E-state index in [1.807, 2.05) is 13.8 Å². The van der Waals surface area contributed by atoms with Gasteiger partial charge in [-0.2, -0.15) is 0 Å². The number of benzene rings is 4. The van der Waals surface area contributed by atoms with Crippen LogP contribution in [0.1, 0.15) is 82.0 Å². The molecule has 0 bridgehead atoms. The van der Waals surface area contributed by atoms with Crippen molar-refractivity contribution in [2.24, 2.45) is 5.92 Å². The number of carbonyl (C=O) groups is 2. The predicted molar refractivity (Wildman–Crippen MR) is 187 cm³/mol. The molecule has 50 heavy (non-hydrogen) atoms. The van der Waals surface area contributed by atoms with Crippen molar-refractivity contribution in [1.82, 2.24) is 0 Å². The quantitative estimate of drug-likeness (QED) is 0.0500. The number of hydrogen-bond acceptors (Lipinski definition) is 10. The van der Waals surface area contributed by atoms with E-state index >= 15 is 0 Å². The Labute approximate surface area is 288 Å². The number of rotatable bonds is 9. The minimum Gasteiger partial charge on any atom is -0.508 e. The van der Waals surface area contributed by atoms with Crippen LogP contribution in [0.5, 0.6) is 46.0 Å². The van der Waals surface area contributed by atoms with Gasteiger partial charge in [-0.1, -0.05) is 29.4 Å². The van der Waals surface area contributed by atoms with Gasteiger partial charge in [0.2, 0.25) is 0 Å². The van der Waals surface area contributed by atoms with Gasteiger partial charge < -0.3 is 40.9 Å². The van der Waals surface area contributed by atoms with Crippen molar-refractivity contribution >= 4 is 17.6 Å². The molecule has 0 heterocycles. The van der Waals surface area contributed by atoms with Crippen molar-refractivity contribution in [2.45, 2.75) is 45.4 Å². The van der Waals surface area contributed by atoms with Crippen LogP contribution in [0.3, 0.4) is 0 Å². The Morgan fingerprint density at radius 2 is 1.38 bits per heavy atom. The van der Waals surface area contributed by atoms with Crippen LogP contribution in [0.15, 0.2) is 90.0 Å². The van der Waals surface area contributed by atoms with Gasteiger partial charge in [-0.05, 0) is 93.8 Å². The summed E-state index contributed by atoms with van der Waals surface area (Å²) in [5.41, 5.74) is 1.82. The first kappa shape index (κ1) is 35.2. The van der Waals surface area contributed by atoms with Crippen LogP contribution in [-0.4, -0.2) is 52.4 Å². The highest BCUT2D eigenvalue weighted by Crippen LogP contribution is 2.53. The highest BCUT2D eigenvalue weighted by Gasteiger charge is 2.43. The van der Waals surface area contributed by atoms with E-state index in [1.54, 1.807) is 19.1 Å². The maximum absolute atomic E-state index is 14.7. The number of Topliss-reactive ketones (excluding diaryl/α,β-unsaturated/α-hetero) is 1. The van der Waals surface area contributed by atoms with Gasteiger partial charge in [0.05, 0.1) is 11.1 Å². The molecule has 0 spiro atoms. The second kappa shape index (κ2) is 14.1. The van der Waals surface area contributed by atoms with Crippen molar-refractivity contribution in [3.05, 3.63) is 123 Å². The van der Waals surface area contributed by atoms with Crippen molar-refractivity contribution < 1.29 is 50.4 Å². The van der Waals surface area contributed by atoms with E-state index in [1.165, 1.54) is 54.6 Å². The molecule has 1 aliphatic rings. The van der Waals surface area contributed by atoms with Crippen LogP contribution >= 0.6 is 0 Å². The molecule has 0 amide bonds. The highest BCUT2D eigenvalue weighted by atomic mass is 16.3. The molecule has 4 aromatic carbocycles. The number of aromatic hydroxyl groups is 8. The smallest absolute Gasteiger partial charge is 0.189 e. The largest absolute Gasteiger partial charge is 0.508 e. The van der Waals surface area contributed by atoms with Crippen molar-refractivity contribution in [3.63, 3.8) is 0 Å². The predicted octanol–water partition coefficient (Wildman–Crippen LogP) is 7.45. The molecule has 0 saturated carbocycles. The summed E-state index contributed by atoms with van der Waals surface area (Å²) < 4.78 is 0. The summed E-state index contributed by atoms with van der Waals surface area (Å²) in [5.74, 6) is -7.01. The number of hydrogen-bond donors (Lipinski definition) is 8. The Morgan fingerprint density at radius 3 is 2.04 bits per heavy atom. The molecule has 258 valence electrons. The Balaban J connectivity index is 1.67.